The van der Waals surface area contributed by atoms with Crippen molar-refractivity contribution in [2.75, 3.05) is 7.11 Å². The molecule has 8 nitrogen and oxygen atoms in total. The lowest BCUT2D eigenvalue weighted by molar-refractivity contribution is -0.143. The highest BCUT2D eigenvalue weighted by Gasteiger charge is 2.45. The monoisotopic (exact) mass is 417 g/mol. The molecule has 2 heterocycles. The minimum Gasteiger partial charge on any atom is -0.465 e. The van der Waals surface area contributed by atoms with Crippen LogP contribution in [0.5, 0.6) is 0 Å². The van der Waals surface area contributed by atoms with Crippen molar-refractivity contribution in [2.24, 2.45) is 0 Å². The third-order valence-corrected chi connectivity index (χ3v) is 5.24. The molecule has 1 aliphatic heterocycles. The average Bonchev–Trinajstić information content (AvgIpc) is 2.98. The summed E-state index contributed by atoms with van der Waals surface area (Å²) in [6.45, 7) is 1.42. The summed E-state index contributed by atoms with van der Waals surface area (Å²) in [5.74, 6) is -2.49. The van der Waals surface area contributed by atoms with Crippen molar-refractivity contribution in [1.29, 1.82) is 0 Å². The summed E-state index contributed by atoms with van der Waals surface area (Å²) >= 11 is 0. The van der Waals surface area contributed by atoms with E-state index in [1.54, 1.807) is 43.3 Å². The number of aromatic nitrogens is 1. The van der Waals surface area contributed by atoms with Gasteiger partial charge in [-0.2, -0.15) is 0 Å². The molecule has 1 aromatic heterocycles. The number of para-hydroxylation sites is 1. The van der Waals surface area contributed by atoms with Crippen molar-refractivity contribution < 1.29 is 23.9 Å². The molecular weight excluding hydrogens is 398 g/mol. The highest BCUT2D eigenvalue weighted by atomic mass is 16.5. The van der Waals surface area contributed by atoms with Crippen LogP contribution in [0.25, 0.3) is 10.9 Å². The molecule has 1 aliphatic rings. The summed E-state index contributed by atoms with van der Waals surface area (Å²) in [5, 5.41) is 0.757. The fourth-order valence-corrected chi connectivity index (χ4v) is 3.67. The Morgan fingerprint density at radius 1 is 0.903 bits per heavy atom. The molecule has 0 atom stereocenters. The number of imide groups is 2. The van der Waals surface area contributed by atoms with Crippen LogP contribution in [0, 0.1) is 6.92 Å². The van der Waals surface area contributed by atoms with Gasteiger partial charge in [-0.15, -0.1) is 0 Å². The van der Waals surface area contributed by atoms with Crippen LogP contribution in [-0.4, -0.2) is 45.7 Å². The number of ether oxygens (including phenoxy) is 1. The zero-order chi connectivity index (χ0) is 22.1. The molecule has 4 rings (SSSR count). The molecule has 0 bridgehead atoms. The lowest BCUT2D eigenvalue weighted by Gasteiger charge is -2.18. The number of carbonyl (C=O) groups excluding carboxylic acids is 4. The van der Waals surface area contributed by atoms with E-state index in [2.05, 4.69) is 4.98 Å². The third kappa shape index (κ3) is 3.52. The van der Waals surface area contributed by atoms with Crippen LogP contribution >= 0.6 is 0 Å². The second-order valence-corrected chi connectivity index (χ2v) is 7.12. The van der Waals surface area contributed by atoms with E-state index in [4.69, 9.17) is 4.74 Å². The fourth-order valence-electron chi connectivity index (χ4n) is 3.67. The van der Waals surface area contributed by atoms with Crippen LogP contribution in [-0.2, 0) is 27.4 Å². The number of nitrogens with zero attached hydrogens (tertiary/aromatic N) is 3. The van der Waals surface area contributed by atoms with Gasteiger partial charge < -0.3 is 4.74 Å². The van der Waals surface area contributed by atoms with Crippen molar-refractivity contribution >= 4 is 34.7 Å². The number of urea groups is 1. The number of hydrogen-bond acceptors (Lipinski definition) is 6. The second-order valence-electron chi connectivity index (χ2n) is 7.12. The lowest BCUT2D eigenvalue weighted by Crippen LogP contribution is -2.33. The molecule has 4 amide bonds. The van der Waals surface area contributed by atoms with Crippen molar-refractivity contribution in [3.63, 3.8) is 0 Å². The maximum Gasteiger partial charge on any atom is 0.340 e. The standard InChI is InChI=1S/C23H19N3O5/c1-14-16-10-6-7-11-17(16)24-18(19(14)22(29)31-2)13-26-21(28)20(27)25(23(26)30)12-15-8-4-3-5-9-15/h3-11H,12-13H2,1-2H3. The highest BCUT2D eigenvalue weighted by Crippen LogP contribution is 2.26. The zero-order valence-corrected chi connectivity index (χ0v) is 17.0. The van der Waals surface area contributed by atoms with Gasteiger partial charge in [0.15, 0.2) is 0 Å². The molecule has 156 valence electrons. The first-order valence-corrected chi connectivity index (χ1v) is 9.60. The summed E-state index contributed by atoms with van der Waals surface area (Å²) < 4.78 is 4.90. The van der Waals surface area contributed by atoms with E-state index in [1.165, 1.54) is 7.11 Å². The minimum absolute atomic E-state index is 0.0191. The number of aryl methyl sites for hydroxylation is 1. The predicted octanol–water partition coefficient (Wildman–Crippen LogP) is 2.82. The van der Waals surface area contributed by atoms with Crippen LogP contribution in [0.15, 0.2) is 54.6 Å². The predicted molar refractivity (Wildman–Crippen MR) is 111 cm³/mol. The van der Waals surface area contributed by atoms with Gasteiger partial charge in [-0.1, -0.05) is 48.5 Å². The Kier molecular flexibility index (Phi) is 5.21. The highest BCUT2D eigenvalue weighted by molar-refractivity contribution is 6.44. The first-order valence-electron chi connectivity index (χ1n) is 9.60. The Morgan fingerprint density at radius 3 is 2.19 bits per heavy atom. The summed E-state index contributed by atoms with van der Waals surface area (Å²) in [6.07, 6.45) is 0. The van der Waals surface area contributed by atoms with Crippen LogP contribution in [0.2, 0.25) is 0 Å². The van der Waals surface area contributed by atoms with E-state index in [1.807, 2.05) is 18.2 Å². The van der Waals surface area contributed by atoms with Gasteiger partial charge in [0.25, 0.3) is 0 Å². The Bertz CT molecular complexity index is 1220. The zero-order valence-electron chi connectivity index (χ0n) is 17.0. The molecule has 0 N–H and O–H groups in total. The second kappa shape index (κ2) is 7.98. The molecule has 3 aromatic rings. The van der Waals surface area contributed by atoms with Crippen LogP contribution in [0.4, 0.5) is 4.79 Å². The number of carbonyl (C=O) groups is 4. The van der Waals surface area contributed by atoms with Gasteiger partial charge in [0.1, 0.15) is 0 Å². The average molecular weight is 417 g/mol. The van der Waals surface area contributed by atoms with Crippen molar-refractivity contribution in [3.8, 4) is 0 Å². The van der Waals surface area contributed by atoms with E-state index < -0.39 is 23.8 Å². The van der Waals surface area contributed by atoms with Crippen LogP contribution in [0.3, 0.4) is 0 Å². The van der Waals surface area contributed by atoms with Crippen LogP contribution in [0.1, 0.15) is 27.2 Å². The minimum atomic E-state index is -0.954. The molecule has 0 spiro atoms. The third-order valence-electron chi connectivity index (χ3n) is 5.24. The number of benzene rings is 2. The molecular formula is C23H19N3O5. The maximum atomic E-state index is 12.9. The molecule has 0 unspecified atom stereocenters. The van der Waals surface area contributed by atoms with Gasteiger partial charge in [-0.05, 0) is 24.1 Å². The maximum absolute atomic E-state index is 12.9. The van der Waals surface area contributed by atoms with Gasteiger partial charge in [-0.3, -0.25) is 14.5 Å². The molecule has 1 fully saturated rings. The van der Waals surface area contributed by atoms with E-state index in [0.717, 1.165) is 15.2 Å². The number of esters is 1. The van der Waals surface area contributed by atoms with E-state index in [9.17, 15) is 19.2 Å². The Balaban J connectivity index is 1.71. The van der Waals surface area contributed by atoms with Gasteiger partial charge in [0, 0.05) is 5.39 Å². The largest absolute Gasteiger partial charge is 0.465 e. The van der Waals surface area contributed by atoms with Crippen molar-refractivity contribution in [2.45, 2.75) is 20.0 Å². The fraction of sp³-hybridized carbons (Fsp3) is 0.174. The van der Waals surface area contributed by atoms with Gasteiger partial charge in [-0.25, -0.2) is 19.5 Å². The molecule has 1 saturated heterocycles. The van der Waals surface area contributed by atoms with E-state index in [0.29, 0.717) is 16.6 Å². The number of methoxy groups -OCH3 is 1. The first-order chi connectivity index (χ1) is 14.9. The van der Waals surface area contributed by atoms with Crippen molar-refractivity contribution in [1.82, 2.24) is 14.8 Å². The van der Waals surface area contributed by atoms with E-state index >= 15 is 0 Å². The normalized spacial score (nSPS) is 13.9. The quantitative estimate of drug-likeness (QED) is 0.360. The molecule has 8 heteroatoms. The summed E-state index contributed by atoms with van der Waals surface area (Å²) in [7, 11) is 1.25. The van der Waals surface area contributed by atoms with Gasteiger partial charge >= 0.3 is 23.8 Å². The summed E-state index contributed by atoms with van der Waals surface area (Å²) in [6, 6.07) is 15.4. The smallest absolute Gasteiger partial charge is 0.340 e. The van der Waals surface area contributed by atoms with Gasteiger partial charge in [0.2, 0.25) is 0 Å². The molecule has 0 aliphatic carbocycles. The SMILES string of the molecule is COC(=O)c1c(CN2C(=O)C(=O)N(Cc3ccccc3)C2=O)nc2ccccc2c1C. The molecule has 31 heavy (non-hydrogen) atoms. The number of hydrogen-bond donors (Lipinski definition) is 0. The number of amides is 4. The molecule has 0 radical (unpaired) electrons. The topological polar surface area (TPSA) is 96.9 Å². The summed E-state index contributed by atoms with van der Waals surface area (Å²) in [5.41, 5.74) is 2.32. The molecule has 0 saturated carbocycles. The van der Waals surface area contributed by atoms with Crippen LogP contribution < -0.4 is 0 Å². The Morgan fingerprint density at radius 2 is 1.52 bits per heavy atom. The Hall–Kier alpha value is -4.07. The summed E-state index contributed by atoms with van der Waals surface area (Å²) in [4.78, 5) is 56.6. The number of rotatable bonds is 5. The van der Waals surface area contributed by atoms with Gasteiger partial charge in [0.05, 0.1) is 37.0 Å². The Labute approximate surface area is 178 Å². The molecule has 2 aromatic carbocycles. The first kappa shape index (κ1) is 20.2. The lowest BCUT2D eigenvalue weighted by atomic mass is 10.0. The van der Waals surface area contributed by atoms with Crippen molar-refractivity contribution in [3.05, 3.63) is 77.0 Å². The number of fused-ring (bicyclic) bond motifs is 1. The number of pyridine rings is 1. The van der Waals surface area contributed by atoms with E-state index in [-0.39, 0.29) is 24.3 Å².